The summed E-state index contributed by atoms with van der Waals surface area (Å²) in [6.07, 6.45) is 55.4. The number of aliphatic hydroxyl groups excluding tert-OH is 11. The smallest absolute Gasteiger partial charge is 0.220 e. The zero-order valence-electron chi connectivity index (χ0n) is 61.6. The van der Waals surface area contributed by atoms with Crippen LogP contribution in [0.1, 0.15) is 277 Å². The Morgan fingerprint density at radius 3 is 1.08 bits per heavy atom. The molecule has 3 fully saturated rings. The van der Waals surface area contributed by atoms with Gasteiger partial charge in [0.05, 0.1) is 38.6 Å². The molecule has 3 saturated heterocycles. The van der Waals surface area contributed by atoms with E-state index in [2.05, 4.69) is 104 Å². The Bertz CT molecular complexity index is 2190. The second-order valence-electron chi connectivity index (χ2n) is 27.8. The van der Waals surface area contributed by atoms with Crippen LogP contribution < -0.4 is 5.32 Å². The molecule has 0 aliphatic carbocycles. The average molecular weight is 1420 g/mol. The molecular weight excluding hydrogens is 1270 g/mol. The van der Waals surface area contributed by atoms with Crippen LogP contribution in [-0.2, 0) is 33.2 Å². The average Bonchev–Trinajstić information content (AvgIpc) is 0.784. The van der Waals surface area contributed by atoms with Crippen LogP contribution in [0.5, 0.6) is 0 Å². The van der Waals surface area contributed by atoms with Gasteiger partial charge in [0.15, 0.2) is 18.9 Å². The van der Waals surface area contributed by atoms with Gasteiger partial charge in [-0.2, -0.15) is 0 Å². The highest BCUT2D eigenvalue weighted by atomic mass is 16.8. The predicted molar refractivity (Wildman–Crippen MR) is 397 cm³/mol. The highest BCUT2D eigenvalue weighted by Gasteiger charge is 2.53. The molecule has 0 radical (unpaired) electrons. The van der Waals surface area contributed by atoms with Gasteiger partial charge in [-0.15, -0.1) is 0 Å². The monoisotopic (exact) mass is 1420 g/mol. The summed E-state index contributed by atoms with van der Waals surface area (Å²) in [7, 11) is 0. The van der Waals surface area contributed by atoms with E-state index in [4.69, 9.17) is 28.4 Å². The Kier molecular flexibility index (Phi) is 55.4. The number of ether oxygens (including phenoxy) is 6. The second kappa shape index (κ2) is 60.9. The Morgan fingerprint density at radius 1 is 0.370 bits per heavy atom. The van der Waals surface area contributed by atoms with Crippen LogP contribution in [0, 0.1) is 0 Å². The summed E-state index contributed by atoms with van der Waals surface area (Å²) in [6, 6.07) is -0.977. The van der Waals surface area contributed by atoms with Gasteiger partial charge < -0.3 is 89.9 Å². The summed E-state index contributed by atoms with van der Waals surface area (Å²) in [6.45, 7) is 1.63. The van der Waals surface area contributed by atoms with Gasteiger partial charge in [-0.25, -0.2) is 0 Å². The molecule has 3 heterocycles. The highest BCUT2D eigenvalue weighted by molar-refractivity contribution is 5.76. The maximum Gasteiger partial charge on any atom is 0.220 e. The van der Waals surface area contributed by atoms with Crippen molar-refractivity contribution in [1.82, 2.24) is 5.32 Å². The van der Waals surface area contributed by atoms with Gasteiger partial charge >= 0.3 is 0 Å². The number of allylic oxidation sites excluding steroid dienone is 15. The van der Waals surface area contributed by atoms with Crippen molar-refractivity contribution in [3.63, 3.8) is 0 Å². The number of hydrogen-bond donors (Lipinski definition) is 12. The minimum atomic E-state index is -1.98. The van der Waals surface area contributed by atoms with Crippen LogP contribution in [0.25, 0.3) is 0 Å². The van der Waals surface area contributed by atoms with Crippen molar-refractivity contribution in [2.24, 2.45) is 0 Å². The zero-order valence-corrected chi connectivity index (χ0v) is 61.6. The summed E-state index contributed by atoms with van der Waals surface area (Å²) in [4.78, 5) is 13.5. The molecule has 17 atom stereocenters. The number of hydrogen-bond acceptors (Lipinski definition) is 18. The molecule has 0 spiro atoms. The van der Waals surface area contributed by atoms with Crippen LogP contribution in [0.3, 0.4) is 0 Å². The van der Waals surface area contributed by atoms with Gasteiger partial charge in [0.25, 0.3) is 0 Å². The lowest BCUT2D eigenvalue weighted by atomic mass is 9.96. The predicted octanol–water partition coefficient (Wildman–Crippen LogP) is 12.8. The molecule has 0 bridgehead atoms. The molecule has 1 amide bonds. The van der Waals surface area contributed by atoms with Crippen LogP contribution in [0.15, 0.2) is 97.2 Å². The van der Waals surface area contributed by atoms with Crippen LogP contribution in [0.4, 0.5) is 0 Å². The summed E-state index contributed by atoms with van der Waals surface area (Å²) < 4.78 is 34.4. The molecule has 19 heteroatoms. The number of nitrogens with one attached hydrogen (secondary N) is 1. The molecule has 3 aliphatic heterocycles. The van der Waals surface area contributed by atoms with Crippen LogP contribution >= 0.6 is 0 Å². The van der Waals surface area contributed by atoms with Crippen molar-refractivity contribution in [2.45, 2.75) is 381 Å². The first kappa shape index (κ1) is 90.9. The summed E-state index contributed by atoms with van der Waals surface area (Å²) >= 11 is 0. The lowest BCUT2D eigenvalue weighted by molar-refractivity contribution is -0.379. The Morgan fingerprint density at radius 2 is 0.690 bits per heavy atom. The summed E-state index contributed by atoms with van der Waals surface area (Å²) in [5.74, 6) is -0.276. The zero-order chi connectivity index (χ0) is 72.5. The Labute approximate surface area is 603 Å². The molecule has 3 rings (SSSR count). The highest BCUT2D eigenvalue weighted by Crippen LogP contribution is 2.33. The molecule has 0 aromatic carbocycles. The first-order chi connectivity index (χ1) is 48.8. The molecular formula is C81H141NO18. The lowest BCUT2D eigenvalue weighted by Gasteiger charge is -2.48. The minimum Gasteiger partial charge on any atom is -0.394 e. The molecule has 0 saturated carbocycles. The van der Waals surface area contributed by atoms with Gasteiger partial charge in [0, 0.05) is 6.42 Å². The third kappa shape index (κ3) is 40.8. The van der Waals surface area contributed by atoms with Gasteiger partial charge in [-0.05, 0) is 77.0 Å². The third-order valence-electron chi connectivity index (χ3n) is 19.1. The van der Waals surface area contributed by atoms with Gasteiger partial charge in [-0.3, -0.25) is 4.79 Å². The fourth-order valence-electron chi connectivity index (χ4n) is 12.8. The second-order valence-corrected chi connectivity index (χ2v) is 27.8. The third-order valence-corrected chi connectivity index (χ3v) is 19.1. The quantitative estimate of drug-likeness (QED) is 0.0199. The van der Waals surface area contributed by atoms with E-state index in [1.54, 1.807) is 6.08 Å². The van der Waals surface area contributed by atoms with Crippen molar-refractivity contribution in [1.29, 1.82) is 0 Å². The number of rotatable bonds is 61. The molecule has 3 aliphatic rings. The summed E-state index contributed by atoms with van der Waals surface area (Å²) in [5, 5.41) is 121. The number of carbonyl (C=O) groups is 1. The van der Waals surface area contributed by atoms with Gasteiger partial charge in [0.2, 0.25) is 5.91 Å². The van der Waals surface area contributed by atoms with Gasteiger partial charge in [0.1, 0.15) is 73.2 Å². The van der Waals surface area contributed by atoms with E-state index in [1.165, 1.54) is 161 Å². The number of carbonyl (C=O) groups excluding carboxylic acids is 1. The lowest BCUT2D eigenvalue weighted by Crippen LogP contribution is -2.66. The van der Waals surface area contributed by atoms with Crippen LogP contribution in [-0.4, -0.2) is 193 Å². The standard InChI is InChI=1S/C81H141NO18/c1-3-5-7-9-11-13-15-17-19-21-22-23-24-25-26-27-28-29-30-31-32-33-34-35-36-37-38-39-40-41-42-43-45-47-49-51-53-55-57-59-69(87)82-64(65(86)58-56-54-52-50-48-46-44-20-18-16-14-12-10-8-6-4-2)63-95-79-75(93)72(90)77(67(61-84)97-79)100-81-76(94)73(91)78(68(62-85)98-81)99-80-74(92)71(89)70(88)66(60-83)96-80/h5,7,11,13,17,19,22-23,25-26,28-29,31-32,56,58,64-68,70-81,83-86,88-94H,3-4,6,8-10,12,14-16,18,20-21,24,27,30,33-55,57,59-63H2,1-2H3,(H,82,87)/b7-5-,13-11-,19-17-,23-22-,26-25-,29-28-,32-31-,58-56+. The van der Waals surface area contributed by atoms with Crippen molar-refractivity contribution in [2.75, 3.05) is 26.4 Å². The van der Waals surface area contributed by atoms with Gasteiger partial charge in [-0.1, -0.05) is 291 Å². The Hall–Kier alpha value is -3.29. The van der Waals surface area contributed by atoms with E-state index in [0.717, 1.165) is 89.9 Å². The van der Waals surface area contributed by atoms with E-state index in [-0.39, 0.29) is 18.9 Å². The normalized spacial score (nSPS) is 27.0. The molecule has 100 heavy (non-hydrogen) atoms. The van der Waals surface area contributed by atoms with Crippen molar-refractivity contribution >= 4 is 5.91 Å². The minimum absolute atomic E-state index is 0.241. The van der Waals surface area contributed by atoms with E-state index in [1.807, 2.05) is 6.08 Å². The van der Waals surface area contributed by atoms with E-state index >= 15 is 0 Å². The number of amides is 1. The van der Waals surface area contributed by atoms with E-state index in [0.29, 0.717) is 6.42 Å². The molecule has 12 N–H and O–H groups in total. The van der Waals surface area contributed by atoms with Crippen molar-refractivity contribution in [3.05, 3.63) is 97.2 Å². The SMILES string of the molecule is CC/C=C\C/C=C\C/C=C\C/C=C\C/C=C\C/C=C\C/C=C\CCCCCCCCCCCCCCCCCCCC(=O)NC(COC1OC(CO)C(OC2OC(CO)C(OC3OC(CO)C(O)C(O)C3O)C(O)C2O)C(O)C1O)C(O)/C=C/CCCCCCCCCCCCCCCC. The molecule has 0 aromatic heterocycles. The van der Waals surface area contributed by atoms with E-state index < -0.39 is 124 Å². The maximum absolute atomic E-state index is 13.5. The van der Waals surface area contributed by atoms with Crippen molar-refractivity contribution in [3.8, 4) is 0 Å². The fourth-order valence-corrected chi connectivity index (χ4v) is 12.8. The Balaban J connectivity index is 1.32. The topological polar surface area (TPSA) is 307 Å². The fraction of sp³-hybridized carbons (Fsp3) is 0.790. The first-order valence-corrected chi connectivity index (χ1v) is 39.5. The van der Waals surface area contributed by atoms with E-state index in [9.17, 15) is 61.0 Å². The maximum atomic E-state index is 13.5. The van der Waals surface area contributed by atoms with Crippen LogP contribution in [0.2, 0.25) is 0 Å². The first-order valence-electron chi connectivity index (χ1n) is 39.5. The molecule has 17 unspecified atom stereocenters. The summed E-state index contributed by atoms with van der Waals surface area (Å²) in [5.41, 5.74) is 0. The molecule has 19 nitrogen and oxygen atoms in total. The number of unbranched alkanes of at least 4 members (excludes halogenated alkanes) is 31. The van der Waals surface area contributed by atoms with Crippen molar-refractivity contribution < 1.29 is 89.4 Å². The number of aliphatic hydroxyl groups is 11. The molecule has 0 aromatic rings. The largest absolute Gasteiger partial charge is 0.394 e. The molecule has 578 valence electrons.